The SMILES string of the molecule is Cc1ccccc1S(=O)(=O)Nc1ccc(C(=O)N2CCCC(O)c3cc(Cl)ccc32)nc1. The summed E-state index contributed by atoms with van der Waals surface area (Å²) in [5.41, 5.74) is 2.24. The topological polar surface area (TPSA) is 99.6 Å². The summed E-state index contributed by atoms with van der Waals surface area (Å²) in [6.45, 7) is 2.14. The lowest BCUT2D eigenvalue weighted by atomic mass is 10.0. The molecule has 0 radical (unpaired) electrons. The zero-order valence-electron chi connectivity index (χ0n) is 17.3. The van der Waals surface area contributed by atoms with Crippen LogP contribution in [0, 0.1) is 6.92 Å². The summed E-state index contributed by atoms with van der Waals surface area (Å²) in [6, 6.07) is 14.7. The quantitative estimate of drug-likeness (QED) is 0.590. The minimum Gasteiger partial charge on any atom is -0.388 e. The number of nitrogens with zero attached hydrogens (tertiary/aromatic N) is 2. The molecule has 1 aliphatic heterocycles. The monoisotopic (exact) mass is 471 g/mol. The zero-order chi connectivity index (χ0) is 22.9. The number of anilines is 2. The fourth-order valence-electron chi connectivity index (χ4n) is 3.75. The second kappa shape index (κ2) is 8.90. The number of nitrogens with one attached hydrogen (secondary N) is 1. The average Bonchev–Trinajstić information content (AvgIpc) is 2.92. The summed E-state index contributed by atoms with van der Waals surface area (Å²) in [4.78, 5) is 19.1. The van der Waals surface area contributed by atoms with Gasteiger partial charge >= 0.3 is 0 Å². The Morgan fingerprint density at radius 1 is 1.19 bits per heavy atom. The van der Waals surface area contributed by atoms with Gasteiger partial charge in [0.25, 0.3) is 15.9 Å². The van der Waals surface area contributed by atoms with E-state index in [-0.39, 0.29) is 22.2 Å². The Kier molecular flexibility index (Phi) is 6.19. The Labute approximate surface area is 191 Å². The van der Waals surface area contributed by atoms with Crippen LogP contribution in [0.4, 0.5) is 11.4 Å². The number of sulfonamides is 1. The maximum Gasteiger partial charge on any atom is 0.276 e. The summed E-state index contributed by atoms with van der Waals surface area (Å²) in [7, 11) is -3.78. The fourth-order valence-corrected chi connectivity index (χ4v) is 5.23. The molecule has 4 rings (SSSR count). The summed E-state index contributed by atoms with van der Waals surface area (Å²) in [6.07, 6.45) is 1.75. The van der Waals surface area contributed by atoms with Crippen LogP contribution in [0.15, 0.2) is 65.7 Å². The Morgan fingerprint density at radius 3 is 2.69 bits per heavy atom. The molecule has 1 unspecified atom stereocenters. The van der Waals surface area contributed by atoms with Gasteiger partial charge in [-0.1, -0.05) is 29.8 Å². The molecule has 7 nitrogen and oxygen atoms in total. The summed E-state index contributed by atoms with van der Waals surface area (Å²) in [5, 5.41) is 10.9. The molecule has 1 atom stereocenters. The third kappa shape index (κ3) is 4.48. The number of fused-ring (bicyclic) bond motifs is 1. The molecule has 0 spiro atoms. The first kappa shape index (κ1) is 22.3. The van der Waals surface area contributed by atoms with Crippen LogP contribution in [0.1, 0.15) is 40.6 Å². The Hall–Kier alpha value is -2.94. The predicted molar refractivity (Wildman–Crippen MR) is 124 cm³/mol. The Morgan fingerprint density at radius 2 is 1.97 bits per heavy atom. The van der Waals surface area contributed by atoms with Crippen LogP contribution < -0.4 is 9.62 Å². The number of aliphatic hydroxyl groups is 1. The highest BCUT2D eigenvalue weighted by Crippen LogP contribution is 2.35. The van der Waals surface area contributed by atoms with Crippen LogP contribution in [0.25, 0.3) is 0 Å². The van der Waals surface area contributed by atoms with E-state index in [0.717, 1.165) is 0 Å². The highest BCUT2D eigenvalue weighted by atomic mass is 35.5. The first-order chi connectivity index (χ1) is 15.3. The van der Waals surface area contributed by atoms with Gasteiger partial charge in [0.15, 0.2) is 0 Å². The standard InChI is InChI=1S/C23H22ClN3O4S/c1-15-5-2-3-7-22(15)32(30,31)26-17-9-10-19(25-14-17)23(29)27-12-4-6-21(28)18-13-16(24)8-11-20(18)27/h2-3,5,7-11,13-14,21,26,28H,4,6,12H2,1H3. The van der Waals surface area contributed by atoms with E-state index in [0.29, 0.717) is 41.2 Å². The lowest BCUT2D eigenvalue weighted by Gasteiger charge is -2.23. The first-order valence-electron chi connectivity index (χ1n) is 10.1. The normalized spacial score (nSPS) is 16.2. The van der Waals surface area contributed by atoms with Crippen LogP contribution in [-0.2, 0) is 10.0 Å². The van der Waals surface area contributed by atoms with Crippen molar-refractivity contribution in [2.45, 2.75) is 30.8 Å². The van der Waals surface area contributed by atoms with E-state index in [9.17, 15) is 18.3 Å². The average molecular weight is 472 g/mol. The zero-order valence-corrected chi connectivity index (χ0v) is 18.9. The van der Waals surface area contributed by atoms with E-state index >= 15 is 0 Å². The predicted octanol–water partition coefficient (Wildman–Crippen LogP) is 4.32. The van der Waals surface area contributed by atoms with Gasteiger partial charge in [-0.15, -0.1) is 0 Å². The molecule has 0 saturated carbocycles. The van der Waals surface area contributed by atoms with Crippen molar-refractivity contribution in [3.63, 3.8) is 0 Å². The van der Waals surface area contributed by atoms with Crippen LogP contribution in [0.3, 0.4) is 0 Å². The Bertz CT molecular complexity index is 1260. The van der Waals surface area contributed by atoms with Gasteiger partial charge in [0.1, 0.15) is 5.69 Å². The van der Waals surface area contributed by atoms with Crippen molar-refractivity contribution in [1.29, 1.82) is 0 Å². The molecule has 3 aromatic rings. The van der Waals surface area contributed by atoms with Gasteiger partial charge in [-0.25, -0.2) is 13.4 Å². The second-order valence-electron chi connectivity index (χ2n) is 7.62. The van der Waals surface area contributed by atoms with Gasteiger partial charge in [0.05, 0.1) is 22.9 Å². The molecule has 0 fully saturated rings. The third-order valence-corrected chi connectivity index (χ3v) is 7.14. The van der Waals surface area contributed by atoms with Gasteiger partial charge in [-0.3, -0.25) is 9.52 Å². The molecule has 2 aromatic carbocycles. The number of amides is 1. The number of aryl methyl sites for hydroxylation is 1. The molecule has 2 heterocycles. The van der Waals surface area contributed by atoms with Gasteiger partial charge in [0, 0.05) is 22.8 Å². The number of carbonyl (C=O) groups excluding carboxylic acids is 1. The lowest BCUT2D eigenvalue weighted by Crippen LogP contribution is -2.32. The minimum atomic E-state index is -3.78. The van der Waals surface area contributed by atoms with Crippen molar-refractivity contribution in [3.05, 3.63) is 82.6 Å². The number of aliphatic hydroxyl groups excluding tert-OH is 1. The number of rotatable bonds is 4. The van der Waals surface area contributed by atoms with Crippen molar-refractivity contribution in [2.24, 2.45) is 0 Å². The maximum absolute atomic E-state index is 13.2. The van der Waals surface area contributed by atoms with Crippen LogP contribution in [0.5, 0.6) is 0 Å². The largest absolute Gasteiger partial charge is 0.388 e. The number of halogens is 1. The number of hydrogen-bond donors (Lipinski definition) is 2. The molecule has 0 saturated heterocycles. The summed E-state index contributed by atoms with van der Waals surface area (Å²) >= 11 is 6.08. The second-order valence-corrected chi connectivity index (χ2v) is 9.71. The van der Waals surface area contributed by atoms with Crippen molar-refractivity contribution in [2.75, 3.05) is 16.2 Å². The third-order valence-electron chi connectivity index (χ3n) is 5.36. The van der Waals surface area contributed by atoms with Gasteiger partial charge in [-0.05, 0) is 61.7 Å². The van der Waals surface area contributed by atoms with E-state index in [1.165, 1.54) is 24.4 Å². The molecule has 0 bridgehead atoms. The van der Waals surface area contributed by atoms with Gasteiger partial charge in [0.2, 0.25) is 0 Å². The van der Waals surface area contributed by atoms with Crippen molar-refractivity contribution < 1.29 is 18.3 Å². The first-order valence-corrected chi connectivity index (χ1v) is 12.0. The van der Waals surface area contributed by atoms with Crippen molar-refractivity contribution >= 4 is 38.9 Å². The van der Waals surface area contributed by atoms with E-state index in [2.05, 4.69) is 9.71 Å². The maximum atomic E-state index is 13.2. The number of benzene rings is 2. The molecular formula is C23H22ClN3O4S. The van der Waals surface area contributed by atoms with E-state index in [1.807, 2.05) is 0 Å². The highest BCUT2D eigenvalue weighted by Gasteiger charge is 2.27. The number of pyridine rings is 1. The van der Waals surface area contributed by atoms with Crippen LogP contribution in [0.2, 0.25) is 5.02 Å². The van der Waals surface area contributed by atoms with E-state index in [4.69, 9.17) is 11.6 Å². The van der Waals surface area contributed by atoms with Gasteiger partial charge in [-0.2, -0.15) is 0 Å². The number of hydrogen-bond acceptors (Lipinski definition) is 5. The highest BCUT2D eigenvalue weighted by molar-refractivity contribution is 7.92. The van der Waals surface area contributed by atoms with E-state index in [1.54, 1.807) is 48.2 Å². The fraction of sp³-hybridized carbons (Fsp3) is 0.217. The van der Waals surface area contributed by atoms with Gasteiger partial charge < -0.3 is 10.0 Å². The molecule has 32 heavy (non-hydrogen) atoms. The molecule has 9 heteroatoms. The molecule has 1 amide bonds. The smallest absolute Gasteiger partial charge is 0.276 e. The lowest BCUT2D eigenvalue weighted by molar-refractivity contribution is 0.0982. The number of aromatic nitrogens is 1. The van der Waals surface area contributed by atoms with E-state index < -0.39 is 16.1 Å². The molecule has 1 aromatic heterocycles. The molecule has 166 valence electrons. The molecular weight excluding hydrogens is 450 g/mol. The van der Waals surface area contributed by atoms with Crippen molar-refractivity contribution in [1.82, 2.24) is 4.98 Å². The summed E-state index contributed by atoms with van der Waals surface area (Å²) in [5.74, 6) is -0.337. The van der Waals surface area contributed by atoms with Crippen LogP contribution >= 0.6 is 11.6 Å². The minimum absolute atomic E-state index is 0.168. The molecule has 0 aliphatic carbocycles. The molecule has 2 N–H and O–H groups in total. The molecule has 1 aliphatic rings. The Balaban J connectivity index is 1.58. The van der Waals surface area contributed by atoms with Crippen LogP contribution in [-0.4, -0.2) is 31.0 Å². The van der Waals surface area contributed by atoms with Crippen molar-refractivity contribution in [3.8, 4) is 0 Å². The number of carbonyl (C=O) groups is 1. The summed E-state index contributed by atoms with van der Waals surface area (Å²) < 4.78 is 27.8.